The molecule has 2 heterocycles. The van der Waals surface area contributed by atoms with Crippen molar-refractivity contribution in [1.82, 2.24) is 15.1 Å². The molecule has 0 aromatic heterocycles. The van der Waals surface area contributed by atoms with Crippen LogP contribution in [0.4, 0.5) is 0 Å². The second kappa shape index (κ2) is 5.80. The van der Waals surface area contributed by atoms with Crippen LogP contribution >= 0.6 is 0 Å². The van der Waals surface area contributed by atoms with Crippen molar-refractivity contribution in [2.24, 2.45) is 5.92 Å². The molecule has 1 N–H and O–H groups in total. The number of carbonyl (C=O) groups is 1. The zero-order valence-corrected chi connectivity index (χ0v) is 10.8. The third-order valence-corrected chi connectivity index (χ3v) is 3.60. The Kier molecular flexibility index (Phi) is 4.36. The predicted octanol–water partition coefficient (Wildman–Crippen LogP) is -0.615. The second-order valence-corrected chi connectivity index (χ2v) is 5.16. The highest BCUT2D eigenvalue weighted by Crippen LogP contribution is 2.16. The van der Waals surface area contributed by atoms with Crippen molar-refractivity contribution in [3.05, 3.63) is 0 Å². The molecule has 2 fully saturated rings. The lowest BCUT2D eigenvalue weighted by molar-refractivity contribution is -0.135. The van der Waals surface area contributed by atoms with Crippen LogP contribution in [-0.4, -0.2) is 75.2 Å². The molecule has 0 spiro atoms. The molecule has 2 aliphatic rings. The maximum absolute atomic E-state index is 12.2. The van der Waals surface area contributed by atoms with E-state index in [0.717, 1.165) is 39.2 Å². The minimum absolute atomic E-state index is 0.150. The van der Waals surface area contributed by atoms with Crippen LogP contribution in [0.1, 0.15) is 6.42 Å². The summed E-state index contributed by atoms with van der Waals surface area (Å²) in [5.41, 5.74) is 0. The molecule has 2 rings (SSSR count). The van der Waals surface area contributed by atoms with Gasteiger partial charge < -0.3 is 19.9 Å². The molecule has 0 aromatic rings. The molecular formula is C12H23N3O2. The van der Waals surface area contributed by atoms with E-state index in [2.05, 4.69) is 17.3 Å². The highest BCUT2D eigenvalue weighted by Gasteiger charge is 2.29. The number of ether oxygens (including phenoxy) is 1. The monoisotopic (exact) mass is 241 g/mol. The van der Waals surface area contributed by atoms with E-state index in [1.54, 1.807) is 0 Å². The molecule has 0 bridgehead atoms. The molecule has 0 aromatic carbocycles. The van der Waals surface area contributed by atoms with Gasteiger partial charge in [0, 0.05) is 33.2 Å². The average Bonchev–Trinajstić information content (AvgIpc) is 2.76. The van der Waals surface area contributed by atoms with Crippen molar-refractivity contribution in [3.63, 3.8) is 0 Å². The number of amides is 1. The Hall–Kier alpha value is -0.650. The standard InChI is InChI=1S/C12H23N3O2/c1-14-5-3-10(8-14)12(16)15(2)9-11-7-13-4-6-17-11/h10-11,13H,3-9H2,1-2H3. The first kappa shape index (κ1) is 12.8. The Morgan fingerprint density at radius 2 is 2.41 bits per heavy atom. The minimum Gasteiger partial charge on any atom is -0.374 e. The van der Waals surface area contributed by atoms with Crippen LogP contribution in [0.25, 0.3) is 0 Å². The number of carbonyl (C=O) groups excluding carboxylic acids is 1. The fourth-order valence-electron chi connectivity index (χ4n) is 2.58. The van der Waals surface area contributed by atoms with Crippen LogP contribution in [0.3, 0.4) is 0 Å². The fourth-order valence-corrected chi connectivity index (χ4v) is 2.58. The second-order valence-electron chi connectivity index (χ2n) is 5.16. The van der Waals surface area contributed by atoms with E-state index in [9.17, 15) is 4.79 Å². The van der Waals surface area contributed by atoms with Crippen molar-refractivity contribution >= 4 is 5.91 Å². The molecule has 5 nitrogen and oxygen atoms in total. The van der Waals surface area contributed by atoms with Crippen molar-refractivity contribution < 1.29 is 9.53 Å². The van der Waals surface area contributed by atoms with E-state index in [-0.39, 0.29) is 17.9 Å². The van der Waals surface area contributed by atoms with E-state index in [1.807, 2.05) is 11.9 Å². The fraction of sp³-hybridized carbons (Fsp3) is 0.917. The summed E-state index contributed by atoms with van der Waals surface area (Å²) in [4.78, 5) is 16.2. The number of nitrogens with one attached hydrogen (secondary N) is 1. The zero-order valence-electron chi connectivity index (χ0n) is 10.8. The van der Waals surface area contributed by atoms with Crippen LogP contribution < -0.4 is 5.32 Å². The summed E-state index contributed by atoms with van der Waals surface area (Å²) in [7, 11) is 3.96. The molecule has 2 saturated heterocycles. The molecule has 17 heavy (non-hydrogen) atoms. The summed E-state index contributed by atoms with van der Waals surface area (Å²) in [6, 6.07) is 0. The van der Waals surface area contributed by atoms with E-state index in [4.69, 9.17) is 4.74 Å². The van der Waals surface area contributed by atoms with Crippen molar-refractivity contribution in [3.8, 4) is 0 Å². The molecule has 98 valence electrons. The van der Waals surface area contributed by atoms with Gasteiger partial charge in [-0.25, -0.2) is 0 Å². The quantitative estimate of drug-likeness (QED) is 0.715. The van der Waals surface area contributed by atoms with Crippen LogP contribution in [0.5, 0.6) is 0 Å². The van der Waals surface area contributed by atoms with Gasteiger partial charge in [0.2, 0.25) is 5.91 Å². The normalized spacial score (nSPS) is 30.5. The largest absolute Gasteiger partial charge is 0.374 e. The summed E-state index contributed by atoms with van der Waals surface area (Å²) in [5.74, 6) is 0.449. The van der Waals surface area contributed by atoms with Gasteiger partial charge >= 0.3 is 0 Å². The van der Waals surface area contributed by atoms with E-state index in [1.165, 1.54) is 0 Å². The lowest BCUT2D eigenvalue weighted by atomic mass is 10.1. The Labute approximate surface area is 103 Å². The molecule has 2 atom stereocenters. The number of likely N-dealkylation sites (N-methyl/N-ethyl adjacent to an activating group) is 1. The van der Waals surface area contributed by atoms with Crippen LogP contribution in [-0.2, 0) is 9.53 Å². The van der Waals surface area contributed by atoms with Crippen molar-refractivity contribution in [2.45, 2.75) is 12.5 Å². The number of hydrogen-bond acceptors (Lipinski definition) is 4. The number of morpholine rings is 1. The topological polar surface area (TPSA) is 44.8 Å². The van der Waals surface area contributed by atoms with Gasteiger partial charge in [-0.1, -0.05) is 0 Å². The molecule has 0 saturated carbocycles. The first-order chi connectivity index (χ1) is 8.16. The van der Waals surface area contributed by atoms with Gasteiger partial charge in [0.1, 0.15) is 0 Å². The minimum atomic E-state index is 0.150. The Morgan fingerprint density at radius 1 is 1.59 bits per heavy atom. The van der Waals surface area contributed by atoms with Crippen LogP contribution in [0.15, 0.2) is 0 Å². The lowest BCUT2D eigenvalue weighted by Gasteiger charge is -2.29. The molecule has 2 aliphatic heterocycles. The summed E-state index contributed by atoms with van der Waals surface area (Å²) >= 11 is 0. The third-order valence-electron chi connectivity index (χ3n) is 3.60. The maximum Gasteiger partial charge on any atom is 0.226 e. The van der Waals surface area contributed by atoms with Gasteiger partial charge in [-0.05, 0) is 20.0 Å². The molecule has 0 aliphatic carbocycles. The molecule has 2 unspecified atom stereocenters. The number of likely N-dealkylation sites (tertiary alicyclic amines) is 1. The van der Waals surface area contributed by atoms with Crippen LogP contribution in [0, 0.1) is 5.92 Å². The summed E-state index contributed by atoms with van der Waals surface area (Å²) in [6.45, 7) is 5.15. The SMILES string of the molecule is CN1CCC(C(=O)N(C)CC2CNCCO2)C1. The predicted molar refractivity (Wildman–Crippen MR) is 65.9 cm³/mol. The molecule has 5 heteroatoms. The maximum atomic E-state index is 12.2. The summed E-state index contributed by atoms with van der Waals surface area (Å²) in [5, 5.41) is 3.28. The zero-order chi connectivity index (χ0) is 12.3. The highest BCUT2D eigenvalue weighted by atomic mass is 16.5. The van der Waals surface area contributed by atoms with E-state index < -0.39 is 0 Å². The van der Waals surface area contributed by atoms with Gasteiger partial charge in [0.25, 0.3) is 0 Å². The van der Waals surface area contributed by atoms with E-state index >= 15 is 0 Å². The highest BCUT2D eigenvalue weighted by molar-refractivity contribution is 5.79. The molecule has 0 radical (unpaired) electrons. The first-order valence-electron chi connectivity index (χ1n) is 6.42. The Balaban J connectivity index is 1.78. The van der Waals surface area contributed by atoms with Crippen molar-refractivity contribution in [1.29, 1.82) is 0 Å². The van der Waals surface area contributed by atoms with Gasteiger partial charge in [-0.3, -0.25) is 4.79 Å². The van der Waals surface area contributed by atoms with E-state index in [0.29, 0.717) is 6.54 Å². The number of hydrogen-bond donors (Lipinski definition) is 1. The lowest BCUT2D eigenvalue weighted by Crippen LogP contribution is -2.47. The summed E-state index contributed by atoms with van der Waals surface area (Å²) < 4.78 is 5.62. The van der Waals surface area contributed by atoms with Gasteiger partial charge in [-0.2, -0.15) is 0 Å². The van der Waals surface area contributed by atoms with Crippen LogP contribution in [0.2, 0.25) is 0 Å². The molecular weight excluding hydrogens is 218 g/mol. The van der Waals surface area contributed by atoms with Gasteiger partial charge in [0.15, 0.2) is 0 Å². The number of nitrogens with zero attached hydrogens (tertiary/aromatic N) is 2. The first-order valence-corrected chi connectivity index (χ1v) is 6.42. The number of rotatable bonds is 3. The van der Waals surface area contributed by atoms with Gasteiger partial charge in [-0.15, -0.1) is 0 Å². The third kappa shape index (κ3) is 3.40. The molecule has 1 amide bonds. The summed E-state index contributed by atoms with van der Waals surface area (Å²) in [6.07, 6.45) is 1.14. The van der Waals surface area contributed by atoms with Crippen molar-refractivity contribution in [2.75, 3.05) is 53.4 Å². The Morgan fingerprint density at radius 3 is 3.00 bits per heavy atom. The van der Waals surface area contributed by atoms with Gasteiger partial charge in [0.05, 0.1) is 18.6 Å². The average molecular weight is 241 g/mol. The smallest absolute Gasteiger partial charge is 0.226 e. The Bertz CT molecular complexity index is 266.